The van der Waals surface area contributed by atoms with Crippen LogP contribution in [0.4, 0.5) is 5.69 Å². The maximum atomic E-state index is 12.6. The van der Waals surface area contributed by atoms with Crippen molar-refractivity contribution in [2.45, 2.75) is 20.1 Å². The lowest BCUT2D eigenvalue weighted by atomic mass is 10.1. The first-order valence-electron chi connectivity index (χ1n) is 8.52. The van der Waals surface area contributed by atoms with Gasteiger partial charge in [-0.05, 0) is 24.1 Å². The minimum atomic E-state index is -0.485. The van der Waals surface area contributed by atoms with Gasteiger partial charge in [0.05, 0.1) is 22.9 Å². The summed E-state index contributed by atoms with van der Waals surface area (Å²) in [4.78, 5) is 23.0. The second-order valence-electron chi connectivity index (χ2n) is 6.10. The molecule has 2 aromatic carbocycles. The molecule has 0 saturated carbocycles. The van der Waals surface area contributed by atoms with Gasteiger partial charge >= 0.3 is 0 Å². The summed E-state index contributed by atoms with van der Waals surface area (Å²) in [5, 5.41) is 21.7. The number of methoxy groups -OCH3 is 1. The van der Waals surface area contributed by atoms with Gasteiger partial charge in [-0.1, -0.05) is 35.5 Å². The van der Waals surface area contributed by atoms with E-state index in [1.165, 1.54) is 16.8 Å². The summed E-state index contributed by atoms with van der Waals surface area (Å²) in [6, 6.07) is 13.7. The van der Waals surface area contributed by atoms with E-state index in [0.29, 0.717) is 24.5 Å². The van der Waals surface area contributed by atoms with Gasteiger partial charge in [-0.3, -0.25) is 14.9 Å². The predicted molar refractivity (Wildman–Crippen MR) is 101 cm³/mol. The maximum Gasteiger partial charge on any atom is 0.274 e. The molecule has 0 spiro atoms. The van der Waals surface area contributed by atoms with Crippen molar-refractivity contribution in [3.05, 3.63) is 81.2 Å². The Morgan fingerprint density at radius 2 is 1.96 bits per heavy atom. The third-order valence-corrected chi connectivity index (χ3v) is 4.25. The molecule has 0 atom stereocenters. The molecular formula is C19H19N5O4. The number of nitro groups is 1. The predicted octanol–water partition coefficient (Wildman–Crippen LogP) is 2.56. The number of nitrogens with zero attached hydrogens (tertiary/aromatic N) is 4. The van der Waals surface area contributed by atoms with Crippen molar-refractivity contribution in [2.24, 2.45) is 0 Å². The highest BCUT2D eigenvalue weighted by molar-refractivity contribution is 5.93. The summed E-state index contributed by atoms with van der Waals surface area (Å²) < 4.78 is 6.58. The fraction of sp³-hybridized carbons (Fsp3) is 0.211. The molecule has 3 aromatic rings. The molecule has 3 rings (SSSR count). The number of hydrogen-bond acceptors (Lipinski definition) is 6. The molecule has 9 heteroatoms. The van der Waals surface area contributed by atoms with Crippen LogP contribution in [0.3, 0.4) is 0 Å². The number of aromatic nitrogens is 3. The van der Waals surface area contributed by atoms with Crippen LogP contribution >= 0.6 is 0 Å². The Morgan fingerprint density at radius 1 is 1.21 bits per heavy atom. The lowest BCUT2D eigenvalue weighted by Gasteiger charge is -2.09. The lowest BCUT2D eigenvalue weighted by Crippen LogP contribution is -2.24. The van der Waals surface area contributed by atoms with Gasteiger partial charge in [0.2, 0.25) is 0 Å². The fourth-order valence-electron chi connectivity index (χ4n) is 2.81. The summed E-state index contributed by atoms with van der Waals surface area (Å²) in [6.07, 6.45) is 0. The minimum absolute atomic E-state index is 0.0619. The van der Waals surface area contributed by atoms with Gasteiger partial charge in [-0.25, -0.2) is 4.68 Å². The molecule has 0 saturated heterocycles. The van der Waals surface area contributed by atoms with Crippen LogP contribution in [-0.2, 0) is 17.9 Å². The number of carbonyl (C=O) groups is 1. The summed E-state index contributed by atoms with van der Waals surface area (Å²) in [6.45, 7) is 2.46. The van der Waals surface area contributed by atoms with Crippen molar-refractivity contribution < 1.29 is 14.5 Å². The van der Waals surface area contributed by atoms with E-state index in [0.717, 1.165) is 11.1 Å². The highest BCUT2D eigenvalue weighted by Gasteiger charge is 2.18. The number of nitrogens with one attached hydrogen (secondary N) is 1. The maximum absolute atomic E-state index is 12.6. The number of rotatable bonds is 7. The van der Waals surface area contributed by atoms with E-state index < -0.39 is 4.92 Å². The number of non-ortho nitro benzene ring substituents is 1. The molecule has 0 fully saturated rings. The van der Waals surface area contributed by atoms with Gasteiger partial charge in [0.25, 0.3) is 11.6 Å². The van der Waals surface area contributed by atoms with Crippen molar-refractivity contribution in [2.75, 3.05) is 7.11 Å². The second kappa shape index (κ2) is 8.40. The van der Waals surface area contributed by atoms with Crippen LogP contribution in [0.2, 0.25) is 0 Å². The average Bonchev–Trinajstić information content (AvgIpc) is 3.09. The summed E-state index contributed by atoms with van der Waals surface area (Å²) in [7, 11) is 1.62. The van der Waals surface area contributed by atoms with Gasteiger partial charge < -0.3 is 10.1 Å². The first-order valence-corrected chi connectivity index (χ1v) is 8.52. The molecule has 144 valence electrons. The van der Waals surface area contributed by atoms with Gasteiger partial charge in [0.1, 0.15) is 0 Å². The number of hydrogen-bond donors (Lipinski definition) is 1. The van der Waals surface area contributed by atoms with Crippen LogP contribution in [0.25, 0.3) is 5.69 Å². The summed E-state index contributed by atoms with van der Waals surface area (Å²) in [5.41, 5.74) is 2.99. The molecular weight excluding hydrogens is 362 g/mol. The van der Waals surface area contributed by atoms with E-state index in [4.69, 9.17) is 4.74 Å². The van der Waals surface area contributed by atoms with Gasteiger partial charge in [0, 0.05) is 25.8 Å². The highest BCUT2D eigenvalue weighted by atomic mass is 16.6. The standard InChI is InChI=1S/C19H19N5O4/c1-13-18(19(25)20-11-14-6-3-4-7-15(14)12-28-2)21-22-23(13)16-8-5-9-17(10-16)24(26)27/h3-10H,11-12H2,1-2H3,(H,20,25). The molecule has 0 aliphatic heterocycles. The van der Waals surface area contributed by atoms with E-state index in [2.05, 4.69) is 15.6 Å². The number of amides is 1. The number of benzene rings is 2. The first-order chi connectivity index (χ1) is 13.5. The zero-order valence-electron chi connectivity index (χ0n) is 15.5. The number of ether oxygens (including phenoxy) is 1. The van der Waals surface area contributed by atoms with Crippen molar-refractivity contribution in [3.63, 3.8) is 0 Å². The summed E-state index contributed by atoms with van der Waals surface area (Å²) >= 11 is 0. The molecule has 9 nitrogen and oxygen atoms in total. The minimum Gasteiger partial charge on any atom is -0.380 e. The largest absolute Gasteiger partial charge is 0.380 e. The molecule has 1 amide bonds. The SMILES string of the molecule is COCc1ccccc1CNC(=O)c1nnn(-c2cccc([N+](=O)[O-])c2)c1C. The van der Waals surface area contributed by atoms with Crippen LogP contribution in [0, 0.1) is 17.0 Å². The Hall–Kier alpha value is -3.59. The van der Waals surface area contributed by atoms with E-state index in [1.54, 1.807) is 26.2 Å². The molecule has 0 aliphatic rings. The zero-order chi connectivity index (χ0) is 20.1. The molecule has 28 heavy (non-hydrogen) atoms. The van der Waals surface area contributed by atoms with Gasteiger partial charge in [-0.2, -0.15) is 0 Å². The molecule has 0 radical (unpaired) electrons. The zero-order valence-corrected chi connectivity index (χ0v) is 15.5. The molecule has 0 unspecified atom stereocenters. The van der Waals surface area contributed by atoms with Crippen LogP contribution in [-0.4, -0.2) is 32.9 Å². The highest BCUT2D eigenvalue weighted by Crippen LogP contribution is 2.18. The number of carbonyl (C=O) groups excluding carboxylic acids is 1. The Morgan fingerprint density at radius 3 is 2.68 bits per heavy atom. The van der Waals surface area contributed by atoms with E-state index in [-0.39, 0.29) is 17.3 Å². The molecule has 1 N–H and O–H groups in total. The van der Waals surface area contributed by atoms with Crippen molar-refractivity contribution in [1.82, 2.24) is 20.3 Å². The van der Waals surface area contributed by atoms with Crippen molar-refractivity contribution in [3.8, 4) is 5.69 Å². The normalized spacial score (nSPS) is 10.6. The Kier molecular flexibility index (Phi) is 5.75. The average molecular weight is 381 g/mol. The van der Waals surface area contributed by atoms with Crippen LogP contribution in [0.15, 0.2) is 48.5 Å². The van der Waals surface area contributed by atoms with E-state index in [9.17, 15) is 14.9 Å². The third-order valence-electron chi connectivity index (χ3n) is 4.25. The van der Waals surface area contributed by atoms with Crippen molar-refractivity contribution in [1.29, 1.82) is 0 Å². The number of nitro benzene ring substituents is 1. The van der Waals surface area contributed by atoms with Gasteiger partial charge in [-0.15, -0.1) is 5.10 Å². The second-order valence-corrected chi connectivity index (χ2v) is 6.10. The quantitative estimate of drug-likeness (QED) is 0.497. The Balaban J connectivity index is 1.78. The van der Waals surface area contributed by atoms with Crippen LogP contribution in [0.1, 0.15) is 27.3 Å². The van der Waals surface area contributed by atoms with E-state index in [1.807, 2.05) is 24.3 Å². The molecule has 0 bridgehead atoms. The molecule has 1 heterocycles. The third kappa shape index (κ3) is 4.04. The Labute approximate surface area is 161 Å². The van der Waals surface area contributed by atoms with Crippen LogP contribution in [0.5, 0.6) is 0 Å². The fourth-order valence-corrected chi connectivity index (χ4v) is 2.81. The Bertz CT molecular complexity index is 1020. The monoisotopic (exact) mass is 381 g/mol. The van der Waals surface area contributed by atoms with Gasteiger partial charge in [0.15, 0.2) is 5.69 Å². The van der Waals surface area contributed by atoms with E-state index >= 15 is 0 Å². The molecule has 0 aliphatic carbocycles. The van der Waals surface area contributed by atoms with Crippen LogP contribution < -0.4 is 5.32 Å². The van der Waals surface area contributed by atoms with Crippen molar-refractivity contribution >= 4 is 11.6 Å². The molecule has 1 aromatic heterocycles. The first kappa shape index (κ1) is 19.2. The topological polar surface area (TPSA) is 112 Å². The lowest BCUT2D eigenvalue weighted by molar-refractivity contribution is -0.384. The smallest absolute Gasteiger partial charge is 0.274 e. The summed E-state index contributed by atoms with van der Waals surface area (Å²) in [5.74, 6) is -0.374.